The minimum atomic E-state index is -0.960. The maximum absolute atomic E-state index is 13.6. The largest absolute Gasteiger partial charge is 0.377 e. The molecule has 1 aromatic carbocycles. The number of anilines is 1. The Hall–Kier alpha value is -1.72. The zero-order valence-electron chi connectivity index (χ0n) is 10.8. The molecule has 6 heteroatoms. The van der Waals surface area contributed by atoms with E-state index in [9.17, 15) is 18.9 Å². The number of hydrogen-bond donors (Lipinski definition) is 1. The number of non-ortho nitro benzene ring substituents is 1. The van der Waals surface area contributed by atoms with Gasteiger partial charge in [-0.2, -0.15) is 0 Å². The van der Waals surface area contributed by atoms with Crippen molar-refractivity contribution in [3.63, 3.8) is 0 Å². The van der Waals surface area contributed by atoms with Gasteiger partial charge >= 0.3 is 0 Å². The summed E-state index contributed by atoms with van der Waals surface area (Å²) < 4.78 is 27.2. The molecular formula is C12H16F2N2O2. The second-order valence-electron chi connectivity index (χ2n) is 5.27. The van der Waals surface area contributed by atoms with Gasteiger partial charge in [-0.1, -0.05) is 20.8 Å². The Bertz CT molecular complexity index is 447. The van der Waals surface area contributed by atoms with Crippen LogP contribution >= 0.6 is 0 Å². The number of nitro benzene ring substituents is 1. The summed E-state index contributed by atoms with van der Waals surface area (Å²) in [6.07, 6.45) is 0. The number of benzene rings is 1. The van der Waals surface area contributed by atoms with E-state index in [1.165, 1.54) is 0 Å². The summed E-state index contributed by atoms with van der Waals surface area (Å²) in [7, 11) is 0. The van der Waals surface area contributed by atoms with Crippen LogP contribution in [0.4, 0.5) is 20.2 Å². The molecule has 1 unspecified atom stereocenters. The average molecular weight is 258 g/mol. The zero-order valence-corrected chi connectivity index (χ0v) is 10.8. The van der Waals surface area contributed by atoms with Crippen molar-refractivity contribution in [1.29, 1.82) is 0 Å². The lowest BCUT2D eigenvalue weighted by atomic mass is 9.88. The van der Waals surface area contributed by atoms with Crippen LogP contribution in [0.3, 0.4) is 0 Å². The Balaban J connectivity index is 3.08. The van der Waals surface area contributed by atoms with Crippen molar-refractivity contribution in [3.8, 4) is 0 Å². The lowest BCUT2D eigenvalue weighted by Crippen LogP contribution is -2.31. The van der Waals surface area contributed by atoms with Crippen LogP contribution in [0.15, 0.2) is 12.1 Å². The van der Waals surface area contributed by atoms with Gasteiger partial charge in [0, 0.05) is 6.04 Å². The normalized spacial score (nSPS) is 13.2. The van der Waals surface area contributed by atoms with Gasteiger partial charge in [-0.25, -0.2) is 8.78 Å². The average Bonchev–Trinajstić information content (AvgIpc) is 2.21. The van der Waals surface area contributed by atoms with Gasteiger partial charge in [-0.15, -0.1) is 0 Å². The van der Waals surface area contributed by atoms with Crippen LogP contribution < -0.4 is 5.32 Å². The summed E-state index contributed by atoms with van der Waals surface area (Å²) in [6, 6.07) is 1.23. The van der Waals surface area contributed by atoms with Crippen LogP contribution in [0.1, 0.15) is 27.7 Å². The Morgan fingerprint density at radius 2 is 1.72 bits per heavy atom. The molecule has 1 N–H and O–H groups in total. The second-order valence-corrected chi connectivity index (χ2v) is 5.27. The molecular weight excluding hydrogens is 242 g/mol. The first-order valence-corrected chi connectivity index (χ1v) is 5.53. The maximum Gasteiger partial charge on any atom is 0.275 e. The monoisotopic (exact) mass is 258 g/mol. The fourth-order valence-electron chi connectivity index (χ4n) is 1.24. The molecule has 4 nitrogen and oxygen atoms in total. The van der Waals surface area contributed by atoms with E-state index in [4.69, 9.17) is 0 Å². The van der Waals surface area contributed by atoms with E-state index in [1.807, 2.05) is 20.8 Å². The fourth-order valence-corrected chi connectivity index (χ4v) is 1.24. The molecule has 0 aliphatic carbocycles. The van der Waals surface area contributed by atoms with Crippen LogP contribution in [0.5, 0.6) is 0 Å². The summed E-state index contributed by atoms with van der Waals surface area (Å²) in [5.41, 5.74) is -1.12. The SMILES string of the molecule is CC(Nc1c(F)cc([N+](=O)[O-])cc1F)C(C)(C)C. The van der Waals surface area contributed by atoms with Gasteiger partial charge < -0.3 is 5.32 Å². The second kappa shape index (κ2) is 4.88. The van der Waals surface area contributed by atoms with Gasteiger partial charge in [0.25, 0.3) is 5.69 Å². The third-order valence-electron chi connectivity index (χ3n) is 2.90. The first-order chi connectivity index (χ1) is 8.12. The molecule has 0 radical (unpaired) electrons. The van der Waals surface area contributed by atoms with Gasteiger partial charge in [0.1, 0.15) is 5.69 Å². The third-order valence-corrected chi connectivity index (χ3v) is 2.90. The highest BCUT2D eigenvalue weighted by atomic mass is 19.1. The molecule has 100 valence electrons. The van der Waals surface area contributed by atoms with E-state index in [2.05, 4.69) is 5.32 Å². The van der Waals surface area contributed by atoms with Gasteiger partial charge in [0.15, 0.2) is 11.6 Å². The van der Waals surface area contributed by atoms with E-state index in [0.29, 0.717) is 12.1 Å². The van der Waals surface area contributed by atoms with Crippen molar-refractivity contribution in [2.75, 3.05) is 5.32 Å². The third kappa shape index (κ3) is 3.15. The molecule has 0 heterocycles. The van der Waals surface area contributed by atoms with Crippen molar-refractivity contribution in [1.82, 2.24) is 0 Å². The number of hydrogen-bond acceptors (Lipinski definition) is 3. The smallest absolute Gasteiger partial charge is 0.275 e. The van der Waals surface area contributed by atoms with Crippen molar-refractivity contribution < 1.29 is 13.7 Å². The highest BCUT2D eigenvalue weighted by Crippen LogP contribution is 2.28. The summed E-state index contributed by atoms with van der Waals surface area (Å²) in [4.78, 5) is 9.62. The summed E-state index contributed by atoms with van der Waals surface area (Å²) >= 11 is 0. The Morgan fingerprint density at radius 1 is 1.28 bits per heavy atom. The van der Waals surface area contributed by atoms with Crippen molar-refractivity contribution in [3.05, 3.63) is 33.9 Å². The fraction of sp³-hybridized carbons (Fsp3) is 0.500. The van der Waals surface area contributed by atoms with Gasteiger partial charge in [0.2, 0.25) is 0 Å². The number of nitrogens with zero attached hydrogens (tertiary/aromatic N) is 1. The Labute approximate surface area is 104 Å². The molecule has 0 spiro atoms. The summed E-state index contributed by atoms with van der Waals surface area (Å²) in [6.45, 7) is 7.56. The van der Waals surface area contributed by atoms with E-state index in [1.54, 1.807) is 6.92 Å². The van der Waals surface area contributed by atoms with Crippen LogP contribution in [0, 0.1) is 27.2 Å². The molecule has 18 heavy (non-hydrogen) atoms. The molecule has 0 saturated heterocycles. The molecule has 1 rings (SSSR count). The topological polar surface area (TPSA) is 55.2 Å². The zero-order chi connectivity index (χ0) is 14.1. The molecule has 0 saturated carbocycles. The molecule has 1 aromatic rings. The quantitative estimate of drug-likeness (QED) is 0.664. The van der Waals surface area contributed by atoms with Gasteiger partial charge in [0.05, 0.1) is 17.1 Å². The van der Waals surface area contributed by atoms with Crippen LogP contribution in [-0.4, -0.2) is 11.0 Å². The van der Waals surface area contributed by atoms with Gasteiger partial charge in [-0.3, -0.25) is 10.1 Å². The summed E-state index contributed by atoms with van der Waals surface area (Å²) in [5, 5.41) is 13.2. The first kappa shape index (κ1) is 14.3. The standard InChI is InChI=1S/C12H16F2N2O2/c1-7(12(2,3)4)15-11-9(13)5-8(16(17)18)6-10(11)14/h5-7,15H,1-4H3. The lowest BCUT2D eigenvalue weighted by Gasteiger charge is -2.29. The highest BCUT2D eigenvalue weighted by molar-refractivity contribution is 5.52. The minimum Gasteiger partial charge on any atom is -0.377 e. The van der Waals surface area contributed by atoms with Crippen molar-refractivity contribution >= 4 is 11.4 Å². The van der Waals surface area contributed by atoms with E-state index in [0.717, 1.165) is 0 Å². The number of rotatable bonds is 3. The van der Waals surface area contributed by atoms with Crippen LogP contribution in [0.2, 0.25) is 0 Å². The predicted molar refractivity (Wildman–Crippen MR) is 65.6 cm³/mol. The van der Waals surface area contributed by atoms with Crippen molar-refractivity contribution in [2.45, 2.75) is 33.7 Å². The highest BCUT2D eigenvalue weighted by Gasteiger charge is 2.24. The molecule has 0 aromatic heterocycles. The minimum absolute atomic E-state index is 0.192. The first-order valence-electron chi connectivity index (χ1n) is 5.53. The molecule has 0 fully saturated rings. The molecule has 1 atom stereocenters. The molecule has 0 bridgehead atoms. The number of nitrogens with one attached hydrogen (secondary N) is 1. The van der Waals surface area contributed by atoms with Crippen LogP contribution in [0.25, 0.3) is 0 Å². The Kier molecular flexibility index (Phi) is 3.88. The summed E-state index contributed by atoms with van der Waals surface area (Å²) in [5.74, 6) is -1.92. The van der Waals surface area contributed by atoms with E-state index < -0.39 is 22.2 Å². The van der Waals surface area contributed by atoms with Crippen molar-refractivity contribution in [2.24, 2.45) is 5.41 Å². The molecule has 0 aliphatic rings. The molecule has 0 aliphatic heterocycles. The predicted octanol–water partition coefficient (Wildman–Crippen LogP) is 3.72. The number of nitro groups is 1. The van der Waals surface area contributed by atoms with E-state index >= 15 is 0 Å². The van der Waals surface area contributed by atoms with E-state index in [-0.39, 0.29) is 17.1 Å². The number of halogens is 2. The maximum atomic E-state index is 13.6. The molecule has 0 amide bonds. The lowest BCUT2D eigenvalue weighted by molar-refractivity contribution is -0.385. The Morgan fingerprint density at radius 3 is 2.06 bits per heavy atom. The van der Waals surface area contributed by atoms with Gasteiger partial charge in [-0.05, 0) is 12.3 Å². The van der Waals surface area contributed by atoms with Crippen LogP contribution in [-0.2, 0) is 0 Å².